The molecule has 1 amide bonds. The third-order valence-electron chi connectivity index (χ3n) is 4.21. The molecule has 140 valence electrons. The minimum absolute atomic E-state index is 0.327. The van der Waals surface area contributed by atoms with Crippen molar-refractivity contribution in [2.24, 2.45) is 0 Å². The summed E-state index contributed by atoms with van der Waals surface area (Å²) in [5, 5.41) is 2.75. The van der Waals surface area contributed by atoms with Gasteiger partial charge in [0.2, 0.25) is 15.9 Å². The fraction of sp³-hybridized carbons (Fsp3) is 0.316. The van der Waals surface area contributed by atoms with E-state index in [4.69, 9.17) is 0 Å². The number of carbonyl (C=O) groups is 1. The molecule has 7 heteroatoms. The second kappa shape index (κ2) is 7.86. The van der Waals surface area contributed by atoms with Crippen LogP contribution in [0.4, 0.5) is 10.1 Å². The highest BCUT2D eigenvalue weighted by molar-refractivity contribution is 7.92. The van der Waals surface area contributed by atoms with Gasteiger partial charge in [-0.05, 0) is 61.7 Å². The molecule has 0 aliphatic carbocycles. The van der Waals surface area contributed by atoms with Gasteiger partial charge in [-0.3, -0.25) is 9.10 Å². The molecule has 1 unspecified atom stereocenters. The van der Waals surface area contributed by atoms with Gasteiger partial charge in [0.25, 0.3) is 0 Å². The van der Waals surface area contributed by atoms with Crippen molar-refractivity contribution < 1.29 is 17.6 Å². The van der Waals surface area contributed by atoms with Crippen molar-refractivity contribution >= 4 is 21.6 Å². The van der Waals surface area contributed by atoms with Crippen molar-refractivity contribution in [2.45, 2.75) is 26.8 Å². The van der Waals surface area contributed by atoms with Crippen LogP contribution in [-0.4, -0.2) is 27.1 Å². The molecule has 0 spiro atoms. The lowest BCUT2D eigenvalue weighted by atomic mass is 10.1. The summed E-state index contributed by atoms with van der Waals surface area (Å²) in [7, 11) is -3.63. The summed E-state index contributed by atoms with van der Waals surface area (Å²) in [6, 6.07) is 10.7. The molecule has 0 bridgehead atoms. The van der Waals surface area contributed by atoms with Crippen molar-refractivity contribution in [1.29, 1.82) is 0 Å². The standard InChI is InChI=1S/C19H23FN2O3S/c1-13-5-10-18(11-14(13)2)22(26(4,24)25)12-19(23)21-15(3)16-6-8-17(20)9-7-16/h5-11,15H,12H2,1-4H3,(H,21,23). The SMILES string of the molecule is Cc1ccc(N(CC(=O)NC(C)c2ccc(F)cc2)S(C)(=O)=O)cc1C. The molecule has 1 N–H and O–H groups in total. The molecule has 0 fully saturated rings. The third-order valence-corrected chi connectivity index (χ3v) is 5.35. The quantitative estimate of drug-likeness (QED) is 0.840. The van der Waals surface area contributed by atoms with Gasteiger partial charge in [-0.2, -0.15) is 0 Å². The van der Waals surface area contributed by atoms with Crippen molar-refractivity contribution in [2.75, 3.05) is 17.1 Å². The van der Waals surface area contributed by atoms with Crippen molar-refractivity contribution in [1.82, 2.24) is 5.32 Å². The second-order valence-electron chi connectivity index (χ2n) is 6.38. The number of anilines is 1. The zero-order valence-corrected chi connectivity index (χ0v) is 16.1. The lowest BCUT2D eigenvalue weighted by Crippen LogP contribution is -2.41. The Balaban J connectivity index is 2.16. The van der Waals surface area contributed by atoms with E-state index >= 15 is 0 Å². The smallest absolute Gasteiger partial charge is 0.241 e. The zero-order chi connectivity index (χ0) is 19.5. The van der Waals surface area contributed by atoms with Gasteiger partial charge in [-0.15, -0.1) is 0 Å². The van der Waals surface area contributed by atoms with Crippen molar-refractivity contribution in [3.63, 3.8) is 0 Å². The fourth-order valence-corrected chi connectivity index (χ4v) is 3.38. The van der Waals surface area contributed by atoms with Crippen LogP contribution in [0, 0.1) is 19.7 Å². The number of sulfonamides is 1. The molecule has 0 aliphatic rings. The number of nitrogens with one attached hydrogen (secondary N) is 1. The van der Waals surface area contributed by atoms with E-state index in [1.54, 1.807) is 31.2 Å². The number of benzene rings is 2. The summed E-state index contributed by atoms with van der Waals surface area (Å²) in [5.74, 6) is -0.796. The summed E-state index contributed by atoms with van der Waals surface area (Å²) in [6.45, 7) is 5.25. The van der Waals surface area contributed by atoms with Gasteiger partial charge in [-0.1, -0.05) is 18.2 Å². The average molecular weight is 378 g/mol. The van der Waals surface area contributed by atoms with Crippen molar-refractivity contribution in [3.8, 4) is 0 Å². The highest BCUT2D eigenvalue weighted by Crippen LogP contribution is 2.21. The number of aryl methyl sites for hydroxylation is 2. The number of halogens is 1. The summed E-state index contributed by atoms with van der Waals surface area (Å²) < 4.78 is 38.4. The Morgan fingerprint density at radius 3 is 2.27 bits per heavy atom. The number of hydrogen-bond donors (Lipinski definition) is 1. The highest BCUT2D eigenvalue weighted by Gasteiger charge is 2.22. The van der Waals surface area contributed by atoms with Gasteiger partial charge in [0.05, 0.1) is 18.0 Å². The lowest BCUT2D eigenvalue weighted by molar-refractivity contribution is -0.120. The van der Waals surface area contributed by atoms with E-state index in [0.29, 0.717) is 5.69 Å². The molecule has 0 saturated heterocycles. The number of amides is 1. The van der Waals surface area contributed by atoms with E-state index in [9.17, 15) is 17.6 Å². The van der Waals surface area contributed by atoms with Crippen LogP contribution >= 0.6 is 0 Å². The average Bonchev–Trinajstić information content (AvgIpc) is 2.55. The summed E-state index contributed by atoms with van der Waals surface area (Å²) in [5.41, 5.74) is 3.16. The van der Waals surface area contributed by atoms with E-state index in [2.05, 4.69) is 5.32 Å². The Morgan fingerprint density at radius 1 is 1.12 bits per heavy atom. The Kier molecular flexibility index (Phi) is 6.02. The summed E-state index contributed by atoms with van der Waals surface area (Å²) in [6.07, 6.45) is 1.07. The molecule has 2 aromatic rings. The Morgan fingerprint density at radius 2 is 1.73 bits per heavy atom. The molecule has 0 aromatic heterocycles. The Bertz CT molecular complexity index is 896. The Hall–Kier alpha value is -2.41. The van der Waals surface area contributed by atoms with Gasteiger partial charge in [0.1, 0.15) is 12.4 Å². The van der Waals surface area contributed by atoms with E-state index in [1.165, 1.54) is 12.1 Å². The normalized spacial score (nSPS) is 12.5. The number of rotatable bonds is 6. The molecule has 2 aromatic carbocycles. The minimum Gasteiger partial charge on any atom is -0.348 e. The van der Waals surface area contributed by atoms with E-state index < -0.39 is 15.9 Å². The fourth-order valence-electron chi connectivity index (χ4n) is 2.53. The van der Waals surface area contributed by atoms with E-state index in [-0.39, 0.29) is 18.4 Å². The van der Waals surface area contributed by atoms with Crippen molar-refractivity contribution in [3.05, 3.63) is 65.0 Å². The molecule has 1 atom stereocenters. The third kappa shape index (κ3) is 5.05. The van der Waals surface area contributed by atoms with Crippen LogP contribution < -0.4 is 9.62 Å². The Labute approximate surface area is 153 Å². The summed E-state index contributed by atoms with van der Waals surface area (Å²) >= 11 is 0. The van der Waals surface area contributed by atoms with Crippen LogP contribution in [0.1, 0.15) is 29.7 Å². The first-order chi connectivity index (χ1) is 12.1. The molecule has 0 aliphatic heterocycles. The van der Waals surface area contributed by atoms with Crippen LogP contribution in [-0.2, 0) is 14.8 Å². The van der Waals surface area contributed by atoms with E-state index in [1.807, 2.05) is 19.9 Å². The predicted octanol–water partition coefficient (Wildman–Crippen LogP) is 3.09. The van der Waals surface area contributed by atoms with Crippen LogP contribution in [0.2, 0.25) is 0 Å². The highest BCUT2D eigenvalue weighted by atomic mass is 32.2. The molecular weight excluding hydrogens is 355 g/mol. The zero-order valence-electron chi connectivity index (χ0n) is 15.3. The summed E-state index contributed by atoms with van der Waals surface area (Å²) in [4.78, 5) is 12.4. The molecule has 2 rings (SSSR count). The lowest BCUT2D eigenvalue weighted by Gasteiger charge is -2.24. The number of carbonyl (C=O) groups excluding carboxylic acids is 1. The maximum absolute atomic E-state index is 13.0. The topological polar surface area (TPSA) is 66.5 Å². The monoisotopic (exact) mass is 378 g/mol. The van der Waals surface area contributed by atoms with Crippen LogP contribution in [0.15, 0.2) is 42.5 Å². The second-order valence-corrected chi connectivity index (χ2v) is 8.29. The molecule has 26 heavy (non-hydrogen) atoms. The first-order valence-corrected chi connectivity index (χ1v) is 10.0. The first-order valence-electron chi connectivity index (χ1n) is 8.17. The van der Waals surface area contributed by atoms with Gasteiger partial charge < -0.3 is 5.32 Å². The minimum atomic E-state index is -3.63. The van der Waals surface area contributed by atoms with Gasteiger partial charge >= 0.3 is 0 Å². The number of nitrogens with zero attached hydrogens (tertiary/aromatic N) is 1. The first kappa shape index (κ1) is 19.9. The molecule has 0 heterocycles. The maximum Gasteiger partial charge on any atom is 0.241 e. The largest absolute Gasteiger partial charge is 0.348 e. The van der Waals surface area contributed by atoms with Crippen LogP contribution in [0.3, 0.4) is 0 Å². The maximum atomic E-state index is 13.0. The predicted molar refractivity (Wildman–Crippen MR) is 101 cm³/mol. The van der Waals surface area contributed by atoms with Gasteiger partial charge in [-0.25, -0.2) is 12.8 Å². The molecular formula is C19H23FN2O3S. The molecule has 0 saturated carbocycles. The van der Waals surface area contributed by atoms with Gasteiger partial charge in [0, 0.05) is 0 Å². The molecule has 5 nitrogen and oxygen atoms in total. The molecule has 0 radical (unpaired) electrons. The van der Waals surface area contributed by atoms with Crippen LogP contribution in [0.25, 0.3) is 0 Å². The van der Waals surface area contributed by atoms with Gasteiger partial charge in [0.15, 0.2) is 0 Å². The van der Waals surface area contributed by atoms with Crippen LogP contribution in [0.5, 0.6) is 0 Å². The number of hydrogen-bond acceptors (Lipinski definition) is 3. The van der Waals surface area contributed by atoms with E-state index in [0.717, 1.165) is 27.3 Å².